The summed E-state index contributed by atoms with van der Waals surface area (Å²) in [4.78, 5) is 11.9. The minimum Gasteiger partial charge on any atom is -0.349 e. The molecule has 1 aromatic rings. The van der Waals surface area contributed by atoms with Gasteiger partial charge in [0.25, 0.3) is 5.91 Å². The van der Waals surface area contributed by atoms with E-state index in [2.05, 4.69) is 57.5 Å². The average molecular weight is 354 g/mol. The molecule has 0 aromatic carbocycles. The van der Waals surface area contributed by atoms with Gasteiger partial charge in [0, 0.05) is 13.1 Å². The summed E-state index contributed by atoms with van der Waals surface area (Å²) in [6, 6.07) is 0. The number of carbonyl (C=O) groups excluding carboxylic acids is 1. The van der Waals surface area contributed by atoms with Gasteiger partial charge in [0.1, 0.15) is 0 Å². The molecule has 0 atom stereocenters. The van der Waals surface area contributed by atoms with E-state index in [4.69, 9.17) is 0 Å². The smallest absolute Gasteiger partial charge is 0.273 e. The van der Waals surface area contributed by atoms with Gasteiger partial charge in [-0.3, -0.25) is 9.89 Å². The lowest BCUT2D eigenvalue weighted by Gasteiger charge is -2.05. The topological polar surface area (TPSA) is 69.8 Å². The summed E-state index contributed by atoms with van der Waals surface area (Å²) in [5, 5.41) is 13.0. The Morgan fingerprint density at radius 2 is 2.05 bits per heavy atom. The molecule has 1 amide bonds. The maximum Gasteiger partial charge on any atom is 0.273 e. The lowest BCUT2D eigenvalue weighted by molar-refractivity contribution is 0.0948. The van der Waals surface area contributed by atoms with Crippen molar-refractivity contribution in [1.29, 1.82) is 0 Å². The highest BCUT2D eigenvalue weighted by Gasteiger charge is 2.18. The fraction of sp³-hybridized carbons (Fsp3) is 0.667. The standard InChI is InChI=1S/C12H21BrN4O.ClH/c1-4-5-14-6-7-15-12(18)11-9(13)10(8(2)3)16-17-11;/h8,14H,4-7H2,1-3H3,(H,15,18)(H,16,17);1H. The Hall–Kier alpha value is -0.590. The van der Waals surface area contributed by atoms with E-state index in [1.807, 2.05) is 0 Å². The minimum absolute atomic E-state index is 0. The first kappa shape index (κ1) is 18.4. The van der Waals surface area contributed by atoms with E-state index in [0.29, 0.717) is 18.2 Å². The molecule has 19 heavy (non-hydrogen) atoms. The van der Waals surface area contributed by atoms with Crippen LogP contribution in [0.15, 0.2) is 4.47 Å². The van der Waals surface area contributed by atoms with Crippen molar-refractivity contribution in [3.05, 3.63) is 15.9 Å². The number of carbonyl (C=O) groups is 1. The highest BCUT2D eigenvalue weighted by Crippen LogP contribution is 2.25. The van der Waals surface area contributed by atoms with Crippen LogP contribution in [0.1, 0.15) is 49.3 Å². The summed E-state index contributed by atoms with van der Waals surface area (Å²) in [7, 11) is 0. The highest BCUT2D eigenvalue weighted by atomic mass is 79.9. The zero-order valence-corrected chi connectivity index (χ0v) is 13.9. The van der Waals surface area contributed by atoms with Gasteiger partial charge in [-0.2, -0.15) is 5.10 Å². The van der Waals surface area contributed by atoms with Gasteiger partial charge < -0.3 is 10.6 Å². The third-order valence-electron chi connectivity index (χ3n) is 2.54. The van der Waals surface area contributed by atoms with Crippen LogP contribution in [-0.2, 0) is 0 Å². The van der Waals surface area contributed by atoms with Crippen LogP contribution in [0.25, 0.3) is 0 Å². The first-order valence-corrected chi connectivity index (χ1v) is 7.09. The Kier molecular flexibility index (Phi) is 9.05. The second-order valence-corrected chi connectivity index (χ2v) is 5.25. The number of aromatic amines is 1. The molecule has 1 heterocycles. The molecule has 1 rings (SSSR count). The molecule has 0 saturated heterocycles. The number of rotatable bonds is 7. The summed E-state index contributed by atoms with van der Waals surface area (Å²) in [6.07, 6.45) is 1.09. The van der Waals surface area contributed by atoms with E-state index in [9.17, 15) is 4.79 Å². The number of nitrogens with zero attached hydrogens (tertiary/aromatic N) is 1. The van der Waals surface area contributed by atoms with Gasteiger partial charge >= 0.3 is 0 Å². The lowest BCUT2D eigenvalue weighted by Crippen LogP contribution is -2.32. The number of H-pyrrole nitrogens is 1. The van der Waals surface area contributed by atoms with Crippen molar-refractivity contribution in [2.24, 2.45) is 0 Å². The van der Waals surface area contributed by atoms with Gasteiger partial charge in [0.2, 0.25) is 0 Å². The van der Waals surface area contributed by atoms with E-state index < -0.39 is 0 Å². The van der Waals surface area contributed by atoms with Gasteiger partial charge in [-0.25, -0.2) is 0 Å². The van der Waals surface area contributed by atoms with Crippen LogP contribution in [0.4, 0.5) is 0 Å². The molecule has 0 radical (unpaired) electrons. The molecule has 0 bridgehead atoms. The van der Waals surface area contributed by atoms with E-state index in [0.717, 1.165) is 29.7 Å². The van der Waals surface area contributed by atoms with Crippen LogP contribution >= 0.6 is 28.3 Å². The zero-order valence-electron chi connectivity index (χ0n) is 11.5. The molecular weight excluding hydrogens is 332 g/mol. The van der Waals surface area contributed by atoms with Crippen molar-refractivity contribution in [2.75, 3.05) is 19.6 Å². The largest absolute Gasteiger partial charge is 0.349 e. The van der Waals surface area contributed by atoms with E-state index in [1.165, 1.54) is 0 Å². The first-order chi connectivity index (χ1) is 8.57. The van der Waals surface area contributed by atoms with Gasteiger partial charge in [0.15, 0.2) is 5.69 Å². The normalized spacial score (nSPS) is 10.4. The summed E-state index contributed by atoms with van der Waals surface area (Å²) in [5.74, 6) is 0.156. The number of aromatic nitrogens is 2. The zero-order chi connectivity index (χ0) is 13.5. The molecule has 0 spiro atoms. The Bertz CT molecular complexity index is 395. The highest BCUT2D eigenvalue weighted by molar-refractivity contribution is 9.10. The third-order valence-corrected chi connectivity index (χ3v) is 3.34. The van der Waals surface area contributed by atoms with Crippen LogP contribution in [0.2, 0.25) is 0 Å². The van der Waals surface area contributed by atoms with E-state index in [1.54, 1.807) is 0 Å². The van der Waals surface area contributed by atoms with Crippen LogP contribution < -0.4 is 10.6 Å². The average Bonchev–Trinajstić information content (AvgIpc) is 2.70. The molecule has 7 heteroatoms. The van der Waals surface area contributed by atoms with Crippen molar-refractivity contribution >= 4 is 34.2 Å². The lowest BCUT2D eigenvalue weighted by atomic mass is 10.1. The second-order valence-electron chi connectivity index (χ2n) is 4.46. The quantitative estimate of drug-likeness (QED) is 0.659. The van der Waals surface area contributed by atoms with Gasteiger partial charge in [0.05, 0.1) is 10.2 Å². The van der Waals surface area contributed by atoms with Crippen LogP contribution in [0.3, 0.4) is 0 Å². The molecule has 0 saturated carbocycles. The number of halogens is 2. The summed E-state index contributed by atoms with van der Waals surface area (Å²) < 4.78 is 0.761. The Morgan fingerprint density at radius 1 is 1.37 bits per heavy atom. The summed E-state index contributed by atoms with van der Waals surface area (Å²) in [5.41, 5.74) is 1.37. The molecule has 5 nitrogen and oxygen atoms in total. The summed E-state index contributed by atoms with van der Waals surface area (Å²) in [6.45, 7) is 8.57. The van der Waals surface area contributed by atoms with Crippen LogP contribution in [0.5, 0.6) is 0 Å². The summed E-state index contributed by atoms with van der Waals surface area (Å²) >= 11 is 3.42. The molecule has 1 aromatic heterocycles. The van der Waals surface area contributed by atoms with Crippen molar-refractivity contribution in [2.45, 2.75) is 33.1 Å². The van der Waals surface area contributed by atoms with Gasteiger partial charge in [-0.1, -0.05) is 20.8 Å². The molecule has 0 aliphatic carbocycles. The molecular formula is C12H22BrClN4O. The van der Waals surface area contributed by atoms with E-state index in [-0.39, 0.29) is 18.3 Å². The Labute approximate surface area is 128 Å². The van der Waals surface area contributed by atoms with Crippen molar-refractivity contribution in [3.8, 4) is 0 Å². The minimum atomic E-state index is -0.150. The fourth-order valence-corrected chi connectivity index (χ4v) is 2.34. The molecule has 0 fully saturated rings. The molecule has 0 aliphatic rings. The SMILES string of the molecule is CCCNCCNC(=O)c1n[nH]c(C(C)C)c1Br.Cl. The first-order valence-electron chi connectivity index (χ1n) is 6.30. The second kappa shape index (κ2) is 9.34. The maximum absolute atomic E-state index is 11.9. The van der Waals surface area contributed by atoms with E-state index >= 15 is 0 Å². The van der Waals surface area contributed by atoms with Crippen molar-refractivity contribution < 1.29 is 4.79 Å². The molecule has 110 valence electrons. The predicted octanol–water partition coefficient (Wildman–Crippen LogP) is 2.45. The number of amides is 1. The van der Waals surface area contributed by atoms with Gasteiger partial charge in [-0.05, 0) is 34.8 Å². The third kappa shape index (κ3) is 5.50. The maximum atomic E-state index is 11.9. The molecule has 0 aliphatic heterocycles. The molecule has 3 N–H and O–H groups in total. The fourth-order valence-electron chi connectivity index (χ4n) is 1.52. The Morgan fingerprint density at radius 3 is 2.58 bits per heavy atom. The van der Waals surface area contributed by atoms with Crippen molar-refractivity contribution in [1.82, 2.24) is 20.8 Å². The van der Waals surface area contributed by atoms with Crippen LogP contribution in [0, 0.1) is 0 Å². The van der Waals surface area contributed by atoms with Gasteiger partial charge in [-0.15, -0.1) is 12.4 Å². The van der Waals surface area contributed by atoms with Crippen LogP contribution in [-0.4, -0.2) is 35.7 Å². The number of nitrogens with one attached hydrogen (secondary N) is 3. The Balaban J connectivity index is 0.00000324. The monoisotopic (exact) mass is 352 g/mol. The number of hydrogen-bond acceptors (Lipinski definition) is 3. The number of hydrogen-bond donors (Lipinski definition) is 3. The van der Waals surface area contributed by atoms with Crippen molar-refractivity contribution in [3.63, 3.8) is 0 Å². The predicted molar refractivity (Wildman–Crippen MR) is 83.1 cm³/mol. The molecule has 0 unspecified atom stereocenters.